The molecule has 2 aromatic heterocycles. The molecule has 2 heterocycles. The van der Waals surface area contributed by atoms with Crippen molar-refractivity contribution < 1.29 is 9.53 Å². The van der Waals surface area contributed by atoms with Gasteiger partial charge in [0, 0.05) is 14.6 Å². The Hall–Kier alpha value is -1.40. The highest BCUT2D eigenvalue weighted by atomic mass is 32.1. The third kappa shape index (κ3) is 3.13. The zero-order valence-corrected chi connectivity index (χ0v) is 13.0. The highest BCUT2D eigenvalue weighted by Gasteiger charge is 2.15. The van der Waals surface area contributed by atoms with Crippen LogP contribution in [0.5, 0.6) is 0 Å². The van der Waals surface area contributed by atoms with Crippen molar-refractivity contribution in [3.05, 3.63) is 32.0 Å². The molecule has 0 aromatic carbocycles. The minimum absolute atomic E-state index is 0.385. The first-order valence-electron chi connectivity index (χ1n) is 5.86. The molecule has 0 saturated heterocycles. The van der Waals surface area contributed by atoms with Crippen LogP contribution in [0.4, 0.5) is 5.13 Å². The lowest BCUT2D eigenvalue weighted by Gasteiger charge is -1.98. The number of methoxy groups -OCH3 is 1. The number of thiazole rings is 1. The zero-order chi connectivity index (χ0) is 14.0. The summed E-state index contributed by atoms with van der Waals surface area (Å²) in [5.74, 6) is -0.385. The van der Waals surface area contributed by atoms with E-state index >= 15 is 0 Å². The van der Waals surface area contributed by atoms with Gasteiger partial charge < -0.3 is 10.1 Å². The molecule has 0 unspecified atom stereocenters. The Bertz CT molecular complexity index is 582. The third-order valence-corrected chi connectivity index (χ3v) is 4.89. The van der Waals surface area contributed by atoms with Gasteiger partial charge in [0.1, 0.15) is 0 Å². The molecule has 0 aliphatic rings. The van der Waals surface area contributed by atoms with Crippen LogP contribution in [0.3, 0.4) is 0 Å². The van der Waals surface area contributed by atoms with Crippen molar-refractivity contribution in [2.45, 2.75) is 27.3 Å². The summed E-state index contributed by atoms with van der Waals surface area (Å²) in [5.41, 5.74) is 1.71. The Kier molecular flexibility index (Phi) is 4.21. The molecule has 0 amide bonds. The van der Waals surface area contributed by atoms with Gasteiger partial charge in [0.25, 0.3) is 0 Å². The lowest BCUT2D eigenvalue weighted by molar-refractivity contribution is 0.0594. The van der Waals surface area contributed by atoms with Crippen molar-refractivity contribution in [3.8, 4) is 0 Å². The number of ether oxygens (including phenoxy) is 1. The van der Waals surface area contributed by atoms with Crippen LogP contribution in [0, 0.1) is 20.8 Å². The Morgan fingerprint density at radius 2 is 2.05 bits per heavy atom. The molecule has 0 aliphatic carbocycles. The summed E-state index contributed by atoms with van der Waals surface area (Å²) in [5, 5.41) is 4.00. The summed E-state index contributed by atoms with van der Waals surface area (Å²) in [6.45, 7) is 6.83. The molecule has 2 aromatic rings. The lowest BCUT2D eigenvalue weighted by Crippen LogP contribution is -2.04. The van der Waals surface area contributed by atoms with Crippen LogP contribution in [-0.2, 0) is 11.3 Å². The molecule has 0 spiro atoms. The number of carbonyl (C=O) groups is 1. The number of anilines is 1. The molecule has 1 N–H and O–H groups in total. The topological polar surface area (TPSA) is 51.2 Å². The maximum absolute atomic E-state index is 11.5. The largest absolute Gasteiger partial charge is 0.464 e. The molecule has 0 fully saturated rings. The highest BCUT2D eigenvalue weighted by Crippen LogP contribution is 2.25. The van der Waals surface area contributed by atoms with Gasteiger partial charge in [-0.2, -0.15) is 0 Å². The van der Waals surface area contributed by atoms with E-state index < -0.39 is 0 Å². The fraction of sp³-hybridized carbons (Fsp3) is 0.385. The third-order valence-electron chi connectivity index (χ3n) is 2.81. The zero-order valence-electron chi connectivity index (χ0n) is 11.4. The molecule has 0 aliphatic heterocycles. The van der Waals surface area contributed by atoms with E-state index in [1.807, 2.05) is 6.92 Å². The van der Waals surface area contributed by atoms with Crippen LogP contribution in [0.25, 0.3) is 0 Å². The average Bonchev–Trinajstić information content (AvgIpc) is 2.90. The Labute approximate surface area is 120 Å². The van der Waals surface area contributed by atoms with Gasteiger partial charge in [-0.05, 0) is 32.4 Å². The fourth-order valence-corrected chi connectivity index (χ4v) is 3.45. The van der Waals surface area contributed by atoms with Crippen LogP contribution in [0.2, 0.25) is 0 Å². The van der Waals surface area contributed by atoms with Gasteiger partial charge >= 0.3 is 5.97 Å². The van der Waals surface area contributed by atoms with E-state index in [1.165, 1.54) is 33.8 Å². The second-order valence-corrected chi connectivity index (χ2v) is 6.76. The molecule has 4 nitrogen and oxygen atoms in total. The van der Waals surface area contributed by atoms with Gasteiger partial charge in [0.15, 0.2) is 10.8 Å². The smallest absolute Gasteiger partial charge is 0.357 e. The van der Waals surface area contributed by atoms with Crippen LogP contribution in [0.1, 0.15) is 30.7 Å². The Balaban J connectivity index is 2.06. The molecular weight excluding hydrogens is 280 g/mol. The molecular formula is C13H16N2O2S2. The van der Waals surface area contributed by atoms with Gasteiger partial charge in [-0.3, -0.25) is 0 Å². The van der Waals surface area contributed by atoms with Gasteiger partial charge in [-0.15, -0.1) is 22.7 Å². The van der Waals surface area contributed by atoms with Crippen molar-refractivity contribution >= 4 is 33.8 Å². The summed E-state index contributed by atoms with van der Waals surface area (Å²) >= 11 is 3.25. The predicted octanol–water partition coefficient (Wildman–Crippen LogP) is 3.53. The number of aromatic nitrogens is 1. The normalized spacial score (nSPS) is 10.5. The summed E-state index contributed by atoms with van der Waals surface area (Å²) in [6.07, 6.45) is 0. The average molecular weight is 296 g/mol. The molecule has 0 saturated carbocycles. The number of nitrogens with one attached hydrogen (secondary N) is 1. The van der Waals surface area contributed by atoms with E-state index in [-0.39, 0.29) is 5.97 Å². The lowest BCUT2D eigenvalue weighted by atomic mass is 10.3. The van der Waals surface area contributed by atoms with Crippen molar-refractivity contribution in [3.63, 3.8) is 0 Å². The summed E-state index contributed by atoms with van der Waals surface area (Å²) in [4.78, 5) is 19.2. The number of hydrogen-bond acceptors (Lipinski definition) is 6. The van der Waals surface area contributed by atoms with Gasteiger partial charge in [0.2, 0.25) is 0 Å². The van der Waals surface area contributed by atoms with Gasteiger partial charge in [0.05, 0.1) is 13.7 Å². The number of aryl methyl sites for hydroxylation is 3. The standard InChI is InChI=1S/C13H16N2O2S2/c1-7-5-10(18-8(7)2)6-14-13-15-11(9(3)19-13)12(16)17-4/h5H,6H2,1-4H3,(H,14,15). The van der Waals surface area contributed by atoms with Crippen LogP contribution in [0.15, 0.2) is 6.07 Å². The molecule has 6 heteroatoms. The molecule has 19 heavy (non-hydrogen) atoms. The number of thiophene rings is 1. The van der Waals surface area contributed by atoms with Crippen molar-refractivity contribution in [1.29, 1.82) is 0 Å². The molecule has 0 radical (unpaired) electrons. The highest BCUT2D eigenvalue weighted by molar-refractivity contribution is 7.15. The Morgan fingerprint density at radius 3 is 2.63 bits per heavy atom. The predicted molar refractivity (Wildman–Crippen MR) is 79.3 cm³/mol. The molecule has 102 valence electrons. The quantitative estimate of drug-likeness (QED) is 0.877. The number of nitrogens with zero attached hydrogens (tertiary/aromatic N) is 1. The first-order chi connectivity index (χ1) is 9.01. The van der Waals surface area contributed by atoms with Crippen LogP contribution < -0.4 is 5.32 Å². The number of rotatable bonds is 4. The monoisotopic (exact) mass is 296 g/mol. The number of carbonyl (C=O) groups excluding carboxylic acids is 1. The number of hydrogen-bond donors (Lipinski definition) is 1. The maximum Gasteiger partial charge on any atom is 0.357 e. The van der Waals surface area contributed by atoms with E-state index in [2.05, 4.69) is 30.2 Å². The Morgan fingerprint density at radius 1 is 1.32 bits per heavy atom. The minimum atomic E-state index is -0.385. The summed E-state index contributed by atoms with van der Waals surface area (Å²) < 4.78 is 4.69. The summed E-state index contributed by atoms with van der Waals surface area (Å²) in [7, 11) is 1.37. The van der Waals surface area contributed by atoms with E-state index in [4.69, 9.17) is 4.74 Å². The first kappa shape index (κ1) is 14.0. The van der Waals surface area contributed by atoms with Gasteiger partial charge in [-0.1, -0.05) is 0 Å². The second kappa shape index (κ2) is 5.71. The van der Waals surface area contributed by atoms with E-state index in [0.717, 1.165) is 16.6 Å². The second-order valence-electron chi connectivity index (χ2n) is 4.22. The van der Waals surface area contributed by atoms with Crippen molar-refractivity contribution in [1.82, 2.24) is 4.98 Å². The molecule has 2 rings (SSSR count). The van der Waals surface area contributed by atoms with Crippen molar-refractivity contribution in [2.24, 2.45) is 0 Å². The minimum Gasteiger partial charge on any atom is -0.464 e. The fourth-order valence-electron chi connectivity index (χ4n) is 1.66. The van der Waals surface area contributed by atoms with E-state index in [9.17, 15) is 4.79 Å². The van der Waals surface area contributed by atoms with E-state index in [0.29, 0.717) is 5.69 Å². The molecule has 0 bridgehead atoms. The summed E-state index contributed by atoms with van der Waals surface area (Å²) in [6, 6.07) is 2.18. The first-order valence-corrected chi connectivity index (χ1v) is 7.50. The SMILES string of the molecule is COC(=O)c1nc(NCc2cc(C)c(C)s2)sc1C. The molecule has 0 atom stereocenters. The van der Waals surface area contributed by atoms with Crippen LogP contribution in [-0.4, -0.2) is 18.1 Å². The van der Waals surface area contributed by atoms with Crippen molar-refractivity contribution in [2.75, 3.05) is 12.4 Å². The maximum atomic E-state index is 11.5. The van der Waals surface area contributed by atoms with Gasteiger partial charge in [-0.25, -0.2) is 9.78 Å². The van der Waals surface area contributed by atoms with E-state index in [1.54, 1.807) is 11.3 Å². The van der Waals surface area contributed by atoms with Crippen LogP contribution >= 0.6 is 22.7 Å². The number of esters is 1.